The van der Waals surface area contributed by atoms with E-state index in [9.17, 15) is 4.79 Å². The molecule has 1 aromatic heterocycles. The SMILES string of the molecule is C#CC#CCOc1cc2c(cc1C#CC#CC=O)-c1cc(OC#CC#CC)c(OC#CC#CC)cc1C21c2ccccc2-c2cc(-c3cc[c-]c(-c4nccc5ccccc45)c3)ccc21.[Ir]. The topological polar surface area (TPSA) is 57.7 Å². The van der Waals surface area contributed by atoms with Crippen molar-refractivity contribution in [3.05, 3.63) is 155 Å². The number of nitrogens with zero attached hydrogens (tertiary/aromatic N) is 1. The van der Waals surface area contributed by atoms with Gasteiger partial charge in [-0.15, -0.1) is 41.8 Å². The van der Waals surface area contributed by atoms with Gasteiger partial charge in [0.2, 0.25) is 0 Å². The molecule has 1 unspecified atom stereocenters. The van der Waals surface area contributed by atoms with E-state index in [0.29, 0.717) is 29.1 Å². The fraction of sp³-hybridized carbons (Fsp3) is 0.0667. The maximum atomic E-state index is 11.1. The van der Waals surface area contributed by atoms with Gasteiger partial charge in [-0.2, -0.15) is 0 Å². The zero-order valence-electron chi connectivity index (χ0n) is 35.3. The summed E-state index contributed by atoms with van der Waals surface area (Å²) in [5.41, 5.74) is 11.1. The molecule has 0 aliphatic heterocycles. The molecule has 0 fully saturated rings. The molecule has 1 spiro atoms. The van der Waals surface area contributed by atoms with Gasteiger partial charge >= 0.3 is 0 Å². The molecule has 1 atom stereocenters. The number of fused-ring (bicyclic) bond motifs is 11. The van der Waals surface area contributed by atoms with E-state index in [4.69, 9.17) is 25.6 Å². The number of rotatable bonds is 6. The van der Waals surface area contributed by atoms with Gasteiger partial charge in [0, 0.05) is 38.1 Å². The Morgan fingerprint density at radius 1 is 0.667 bits per heavy atom. The van der Waals surface area contributed by atoms with E-state index in [2.05, 4.69) is 156 Å². The number of aldehydes is 1. The maximum Gasteiger partial charge on any atom is 0.193 e. The van der Waals surface area contributed by atoms with Crippen LogP contribution in [0, 0.1) is 102 Å². The minimum atomic E-state index is -0.907. The molecule has 2 aliphatic carbocycles. The first-order chi connectivity index (χ1) is 32.1. The van der Waals surface area contributed by atoms with E-state index in [0.717, 1.165) is 77.7 Å². The molecule has 309 valence electrons. The van der Waals surface area contributed by atoms with Gasteiger partial charge in [-0.05, 0) is 170 Å². The summed E-state index contributed by atoms with van der Waals surface area (Å²) in [4.78, 5) is 15.8. The van der Waals surface area contributed by atoms with Crippen LogP contribution in [-0.4, -0.2) is 17.9 Å². The Bertz CT molecular complexity index is 3670. The maximum absolute atomic E-state index is 11.1. The van der Waals surface area contributed by atoms with Gasteiger partial charge in [0.25, 0.3) is 0 Å². The summed E-state index contributed by atoms with van der Waals surface area (Å²) in [6, 6.07) is 42.7. The van der Waals surface area contributed by atoms with Crippen molar-refractivity contribution in [2.75, 3.05) is 6.61 Å². The number of aromatic nitrogens is 1. The van der Waals surface area contributed by atoms with Gasteiger partial charge in [-0.1, -0.05) is 72.5 Å². The van der Waals surface area contributed by atoms with Gasteiger partial charge in [0.1, 0.15) is 24.6 Å². The predicted molar refractivity (Wildman–Crippen MR) is 254 cm³/mol. The smallest absolute Gasteiger partial charge is 0.193 e. The summed E-state index contributed by atoms with van der Waals surface area (Å²) in [5.74, 6) is 36.2. The third-order valence-electron chi connectivity index (χ3n) is 11.1. The number of ether oxygens (including phenoxy) is 3. The van der Waals surface area contributed by atoms with Crippen LogP contribution in [0.2, 0.25) is 0 Å². The van der Waals surface area contributed by atoms with Crippen LogP contribution in [0.5, 0.6) is 17.2 Å². The molecule has 0 N–H and O–H groups in total. The zero-order valence-corrected chi connectivity index (χ0v) is 37.7. The molecule has 1 radical (unpaired) electrons. The van der Waals surface area contributed by atoms with E-state index in [1.807, 2.05) is 60.8 Å². The third kappa shape index (κ3) is 7.93. The quantitative estimate of drug-likeness (QED) is 0.0944. The number of hydrogen-bond donors (Lipinski definition) is 0. The van der Waals surface area contributed by atoms with E-state index in [-0.39, 0.29) is 26.7 Å². The molecule has 2 aliphatic rings. The summed E-state index contributed by atoms with van der Waals surface area (Å²) in [5, 5.41) is 2.17. The minimum Gasteiger partial charge on any atom is -0.480 e. The summed E-state index contributed by atoms with van der Waals surface area (Å²) in [7, 11) is 0. The Morgan fingerprint density at radius 2 is 1.36 bits per heavy atom. The van der Waals surface area contributed by atoms with Gasteiger partial charge in [-0.3, -0.25) is 4.79 Å². The Balaban J connectivity index is 0.00000592. The van der Waals surface area contributed by atoms with Crippen molar-refractivity contribution in [1.29, 1.82) is 0 Å². The first-order valence-corrected chi connectivity index (χ1v) is 20.3. The second-order valence-electron chi connectivity index (χ2n) is 14.4. The van der Waals surface area contributed by atoms with Crippen LogP contribution in [0.3, 0.4) is 0 Å². The molecule has 6 heteroatoms. The molecule has 5 nitrogen and oxygen atoms in total. The summed E-state index contributed by atoms with van der Waals surface area (Å²) in [6.07, 6.45) is 13.2. The molecular formula is C60H30IrNO4-. The number of hydrogen-bond acceptors (Lipinski definition) is 5. The Kier molecular flexibility index (Phi) is 12.9. The van der Waals surface area contributed by atoms with Crippen molar-refractivity contribution in [1.82, 2.24) is 4.98 Å². The van der Waals surface area contributed by atoms with Crippen LogP contribution < -0.4 is 14.2 Å². The van der Waals surface area contributed by atoms with Crippen LogP contribution in [0.15, 0.2) is 121 Å². The van der Waals surface area contributed by atoms with Crippen molar-refractivity contribution in [2.45, 2.75) is 19.3 Å². The molecule has 0 bridgehead atoms. The molecule has 0 saturated carbocycles. The Morgan fingerprint density at radius 3 is 2.15 bits per heavy atom. The fourth-order valence-electron chi connectivity index (χ4n) is 8.59. The van der Waals surface area contributed by atoms with Crippen LogP contribution in [-0.2, 0) is 30.3 Å². The fourth-order valence-corrected chi connectivity index (χ4v) is 8.59. The van der Waals surface area contributed by atoms with Crippen LogP contribution >= 0.6 is 0 Å². The average molecular weight is 1020 g/mol. The molecular weight excluding hydrogens is 991 g/mol. The number of terminal acetylenes is 1. The van der Waals surface area contributed by atoms with Crippen molar-refractivity contribution < 1.29 is 39.1 Å². The van der Waals surface area contributed by atoms with Crippen molar-refractivity contribution >= 4 is 17.1 Å². The van der Waals surface area contributed by atoms with E-state index in [1.165, 1.54) is 0 Å². The molecule has 6 aromatic carbocycles. The second kappa shape index (κ2) is 19.5. The van der Waals surface area contributed by atoms with Gasteiger partial charge in [-0.25, -0.2) is 0 Å². The molecule has 1 heterocycles. The largest absolute Gasteiger partial charge is 0.480 e. The standard InChI is InChI=1S/C60H30NO4.Ir/c1-4-7-17-33-63-56-40-54-50(38-45(56)22-11-10-16-32-62)51-39-57(64-34-18-8-5-2)58(65-35-19-9-6-3)41-55(51)60(54)52-27-15-14-26-48(52)49-37-44(28-29-53(49)60)43-23-20-24-46(36-43)59-47-25-13-12-21-42(47)30-31-61-59;/h1,12-15,20-21,23,25-32,36-41H,33H2,2-3H3;/q-1;. The molecule has 0 amide bonds. The number of benzene rings is 6. The summed E-state index contributed by atoms with van der Waals surface area (Å²) < 4.78 is 18.5. The number of carbonyl (C=O) groups excluding carboxylic acids is 1. The first-order valence-electron chi connectivity index (χ1n) is 20.3. The van der Waals surface area contributed by atoms with Gasteiger partial charge in [0.05, 0.1) is 11.0 Å². The second-order valence-corrected chi connectivity index (χ2v) is 14.4. The number of carbonyl (C=O) groups is 1. The van der Waals surface area contributed by atoms with Crippen molar-refractivity contribution in [2.24, 2.45) is 0 Å². The van der Waals surface area contributed by atoms with Crippen molar-refractivity contribution in [3.63, 3.8) is 0 Å². The molecule has 66 heavy (non-hydrogen) atoms. The first kappa shape index (κ1) is 43.6. The monoisotopic (exact) mass is 1020 g/mol. The molecule has 7 aromatic rings. The van der Waals surface area contributed by atoms with Gasteiger partial charge in [0.15, 0.2) is 17.8 Å². The van der Waals surface area contributed by atoms with E-state index >= 15 is 0 Å². The van der Waals surface area contributed by atoms with Crippen LogP contribution in [0.4, 0.5) is 0 Å². The normalized spacial score (nSPS) is 12.2. The van der Waals surface area contributed by atoms with Crippen LogP contribution in [0.1, 0.15) is 41.7 Å². The Labute approximate surface area is 397 Å². The summed E-state index contributed by atoms with van der Waals surface area (Å²) >= 11 is 0. The number of pyridine rings is 1. The van der Waals surface area contributed by atoms with E-state index < -0.39 is 5.41 Å². The van der Waals surface area contributed by atoms with Crippen LogP contribution in [0.25, 0.3) is 55.4 Å². The average Bonchev–Trinajstić information content (AvgIpc) is 3.79. The summed E-state index contributed by atoms with van der Waals surface area (Å²) in [6.45, 7) is 3.41. The molecule has 9 rings (SSSR count). The van der Waals surface area contributed by atoms with Crippen molar-refractivity contribution in [3.8, 4) is 157 Å². The molecule has 0 saturated heterocycles. The predicted octanol–water partition coefficient (Wildman–Crippen LogP) is 10.0. The third-order valence-corrected chi connectivity index (χ3v) is 11.1. The van der Waals surface area contributed by atoms with Gasteiger partial charge < -0.3 is 19.2 Å². The zero-order chi connectivity index (χ0) is 44.6. The Hall–Kier alpha value is -9.07. The van der Waals surface area contributed by atoms with E-state index in [1.54, 1.807) is 13.8 Å². The minimum absolute atomic E-state index is 0.